The summed E-state index contributed by atoms with van der Waals surface area (Å²) in [6.45, 7) is 5.41. The Balaban J connectivity index is 1.60. The molecule has 7 atom stereocenters. The fourth-order valence-electron chi connectivity index (χ4n) is 7.40. The summed E-state index contributed by atoms with van der Waals surface area (Å²) in [5.41, 5.74) is -0.283. The molecule has 3 fully saturated rings. The Labute approximate surface area is 167 Å². The standard InChI is InChI=1S/C23H34O5/c1-14(24)28-13-20(26)23(27)11-8-19-17-5-4-15-12-16(25)6-9-21(15,2)18(17)7-10-22(19,23)3/h4,16-19,25,27H,5-13H2,1-3H3/t16-,17-,18+,19+,21-,22-,23-/m0/s1. The van der Waals surface area contributed by atoms with E-state index in [-0.39, 0.29) is 23.9 Å². The molecular formula is C23H34O5. The van der Waals surface area contributed by atoms with Crippen LogP contribution in [0.15, 0.2) is 11.6 Å². The molecule has 4 rings (SSSR count). The number of aliphatic hydroxyl groups is 2. The van der Waals surface area contributed by atoms with Gasteiger partial charge in [0.25, 0.3) is 0 Å². The molecule has 0 spiro atoms. The molecule has 5 nitrogen and oxygen atoms in total. The van der Waals surface area contributed by atoms with Crippen LogP contribution in [0.25, 0.3) is 0 Å². The van der Waals surface area contributed by atoms with Gasteiger partial charge in [0, 0.05) is 12.3 Å². The number of Topliss-reactive ketones (excluding diaryl/α,β-unsaturated/α-hetero) is 1. The average molecular weight is 391 g/mol. The van der Waals surface area contributed by atoms with E-state index in [2.05, 4.69) is 19.9 Å². The van der Waals surface area contributed by atoms with Crippen LogP contribution in [0.2, 0.25) is 0 Å². The zero-order chi connectivity index (χ0) is 20.3. The predicted octanol–water partition coefficient (Wildman–Crippen LogP) is 3.17. The van der Waals surface area contributed by atoms with Crippen LogP contribution in [0, 0.1) is 28.6 Å². The Morgan fingerprint density at radius 3 is 2.57 bits per heavy atom. The third-order valence-corrected chi connectivity index (χ3v) is 9.10. The van der Waals surface area contributed by atoms with Crippen molar-refractivity contribution in [1.29, 1.82) is 0 Å². The largest absolute Gasteiger partial charge is 0.458 e. The van der Waals surface area contributed by atoms with Gasteiger partial charge in [-0.25, -0.2) is 0 Å². The van der Waals surface area contributed by atoms with Gasteiger partial charge in [-0.15, -0.1) is 0 Å². The summed E-state index contributed by atoms with van der Waals surface area (Å²) in [7, 11) is 0. The minimum Gasteiger partial charge on any atom is -0.458 e. The number of carbonyl (C=O) groups is 2. The van der Waals surface area contributed by atoms with Crippen molar-refractivity contribution in [2.45, 2.75) is 83.8 Å². The molecule has 0 heterocycles. The number of hydrogen-bond acceptors (Lipinski definition) is 5. The Hall–Kier alpha value is -1.20. The topological polar surface area (TPSA) is 83.8 Å². The molecule has 3 saturated carbocycles. The van der Waals surface area contributed by atoms with Gasteiger partial charge in [-0.3, -0.25) is 9.59 Å². The molecule has 0 amide bonds. The van der Waals surface area contributed by atoms with Crippen molar-refractivity contribution in [3.05, 3.63) is 11.6 Å². The van der Waals surface area contributed by atoms with Gasteiger partial charge < -0.3 is 14.9 Å². The number of carbonyl (C=O) groups excluding carboxylic acids is 2. The molecule has 5 heteroatoms. The molecule has 0 aromatic carbocycles. The molecule has 28 heavy (non-hydrogen) atoms. The van der Waals surface area contributed by atoms with Crippen molar-refractivity contribution >= 4 is 11.8 Å². The van der Waals surface area contributed by atoms with E-state index in [0.29, 0.717) is 24.2 Å². The molecule has 0 bridgehead atoms. The molecule has 0 radical (unpaired) electrons. The minimum absolute atomic E-state index is 0.145. The number of esters is 1. The number of ether oxygens (including phenoxy) is 1. The van der Waals surface area contributed by atoms with Crippen LogP contribution in [-0.2, 0) is 14.3 Å². The van der Waals surface area contributed by atoms with Crippen molar-refractivity contribution in [2.75, 3.05) is 6.61 Å². The van der Waals surface area contributed by atoms with E-state index in [1.165, 1.54) is 12.5 Å². The maximum absolute atomic E-state index is 12.9. The van der Waals surface area contributed by atoms with Gasteiger partial charge in [-0.05, 0) is 74.5 Å². The molecule has 0 unspecified atom stereocenters. The maximum atomic E-state index is 12.9. The third-order valence-electron chi connectivity index (χ3n) is 9.10. The number of fused-ring (bicyclic) bond motifs is 5. The Bertz CT molecular complexity index is 714. The summed E-state index contributed by atoms with van der Waals surface area (Å²) in [6.07, 6.45) is 8.96. The van der Waals surface area contributed by atoms with Crippen LogP contribution in [0.1, 0.15) is 72.1 Å². The van der Waals surface area contributed by atoms with Gasteiger partial charge in [-0.1, -0.05) is 25.5 Å². The highest BCUT2D eigenvalue weighted by atomic mass is 16.5. The molecule has 156 valence electrons. The van der Waals surface area contributed by atoms with Crippen molar-refractivity contribution in [3.63, 3.8) is 0 Å². The molecule has 0 aromatic rings. The van der Waals surface area contributed by atoms with Crippen LogP contribution in [0.4, 0.5) is 0 Å². The molecule has 4 aliphatic rings. The van der Waals surface area contributed by atoms with E-state index < -0.39 is 17.0 Å². The first-order valence-corrected chi connectivity index (χ1v) is 10.9. The molecule has 0 aromatic heterocycles. The lowest BCUT2D eigenvalue weighted by Gasteiger charge is -2.58. The second-order valence-corrected chi connectivity index (χ2v) is 10.2. The normalized spacial score (nSPS) is 47.4. The summed E-state index contributed by atoms with van der Waals surface area (Å²) >= 11 is 0. The molecule has 4 aliphatic carbocycles. The van der Waals surface area contributed by atoms with E-state index in [0.717, 1.165) is 44.9 Å². The highest BCUT2D eigenvalue weighted by molar-refractivity contribution is 5.90. The van der Waals surface area contributed by atoms with E-state index in [9.17, 15) is 19.8 Å². The lowest BCUT2D eigenvalue weighted by Crippen LogP contribution is -2.58. The van der Waals surface area contributed by atoms with Gasteiger partial charge in [0.15, 0.2) is 6.61 Å². The monoisotopic (exact) mass is 390 g/mol. The predicted molar refractivity (Wildman–Crippen MR) is 104 cm³/mol. The van der Waals surface area contributed by atoms with Crippen molar-refractivity contribution in [3.8, 4) is 0 Å². The molecule has 2 N–H and O–H groups in total. The number of ketones is 1. The van der Waals surface area contributed by atoms with Crippen molar-refractivity contribution in [1.82, 2.24) is 0 Å². The molecule has 0 aliphatic heterocycles. The molecule has 0 saturated heterocycles. The van der Waals surface area contributed by atoms with Crippen molar-refractivity contribution < 1.29 is 24.5 Å². The quantitative estimate of drug-likeness (QED) is 0.571. The summed E-state index contributed by atoms with van der Waals surface area (Å²) in [4.78, 5) is 24.0. The highest BCUT2D eigenvalue weighted by Crippen LogP contribution is 2.67. The van der Waals surface area contributed by atoms with Crippen LogP contribution < -0.4 is 0 Å². The maximum Gasteiger partial charge on any atom is 0.303 e. The molecular weight excluding hydrogens is 356 g/mol. The van der Waals surface area contributed by atoms with Gasteiger partial charge in [-0.2, -0.15) is 0 Å². The lowest BCUT2D eigenvalue weighted by atomic mass is 9.46. The van der Waals surface area contributed by atoms with E-state index >= 15 is 0 Å². The third kappa shape index (κ3) is 2.72. The fourth-order valence-corrected chi connectivity index (χ4v) is 7.40. The van der Waals surface area contributed by atoms with Crippen LogP contribution in [-0.4, -0.2) is 40.3 Å². The zero-order valence-corrected chi connectivity index (χ0v) is 17.4. The van der Waals surface area contributed by atoms with Crippen LogP contribution in [0.5, 0.6) is 0 Å². The number of aliphatic hydroxyl groups excluding tert-OH is 1. The SMILES string of the molecule is CC(=O)OCC(=O)[C@@]1(O)CC[C@@H]2[C@H]3CC=C4C[C@@H](O)CC[C@]4(C)[C@@H]3CC[C@@]21C. The Morgan fingerprint density at radius 2 is 1.86 bits per heavy atom. The fraction of sp³-hybridized carbons (Fsp3) is 0.826. The average Bonchev–Trinajstić information content (AvgIpc) is 2.92. The van der Waals surface area contributed by atoms with Crippen LogP contribution in [0.3, 0.4) is 0 Å². The van der Waals surface area contributed by atoms with Gasteiger partial charge >= 0.3 is 5.97 Å². The smallest absolute Gasteiger partial charge is 0.303 e. The number of hydrogen-bond donors (Lipinski definition) is 2. The van der Waals surface area contributed by atoms with Crippen LogP contribution >= 0.6 is 0 Å². The summed E-state index contributed by atoms with van der Waals surface area (Å²) in [5, 5.41) is 21.6. The number of allylic oxidation sites excluding steroid dienone is 1. The van der Waals surface area contributed by atoms with Gasteiger partial charge in [0.05, 0.1) is 6.10 Å². The van der Waals surface area contributed by atoms with Gasteiger partial charge in [0.2, 0.25) is 5.78 Å². The summed E-state index contributed by atoms with van der Waals surface area (Å²) < 4.78 is 4.93. The first kappa shape index (κ1) is 20.1. The summed E-state index contributed by atoms with van der Waals surface area (Å²) in [6, 6.07) is 0. The highest BCUT2D eigenvalue weighted by Gasteiger charge is 2.66. The lowest BCUT2D eigenvalue weighted by molar-refractivity contribution is -0.168. The summed E-state index contributed by atoms with van der Waals surface area (Å²) in [5.74, 6) is 0.504. The van der Waals surface area contributed by atoms with E-state index in [1.54, 1.807) is 0 Å². The minimum atomic E-state index is -1.40. The Morgan fingerprint density at radius 1 is 1.14 bits per heavy atom. The Kier molecular flexibility index (Phi) is 4.78. The zero-order valence-electron chi connectivity index (χ0n) is 17.4. The van der Waals surface area contributed by atoms with E-state index in [1.807, 2.05) is 0 Å². The first-order valence-electron chi connectivity index (χ1n) is 10.9. The second-order valence-electron chi connectivity index (χ2n) is 10.2. The van der Waals surface area contributed by atoms with Crippen molar-refractivity contribution in [2.24, 2.45) is 28.6 Å². The van der Waals surface area contributed by atoms with E-state index in [4.69, 9.17) is 4.74 Å². The first-order chi connectivity index (χ1) is 13.1. The number of rotatable bonds is 3. The van der Waals surface area contributed by atoms with Gasteiger partial charge in [0.1, 0.15) is 5.60 Å². The second kappa shape index (κ2) is 6.66.